The predicted octanol–water partition coefficient (Wildman–Crippen LogP) is 4.05. The first-order valence-corrected chi connectivity index (χ1v) is 9.89. The Morgan fingerprint density at radius 1 is 1.25 bits per heavy atom. The van der Waals surface area contributed by atoms with E-state index in [9.17, 15) is 22.8 Å². The molecule has 1 amide bonds. The summed E-state index contributed by atoms with van der Waals surface area (Å²) in [4.78, 5) is 26.3. The van der Waals surface area contributed by atoms with E-state index in [2.05, 4.69) is 22.4 Å². The van der Waals surface area contributed by atoms with Gasteiger partial charge in [0, 0.05) is 24.4 Å². The Morgan fingerprint density at radius 3 is 2.31 bits per heavy atom. The molecule has 0 fully saturated rings. The molecule has 1 aromatic rings. The number of hydrogen-bond acceptors (Lipinski definition) is 5. The molecule has 0 saturated heterocycles. The normalized spacial score (nSPS) is 12.5. The molecule has 11 heteroatoms. The molecule has 7 nitrogen and oxygen atoms in total. The summed E-state index contributed by atoms with van der Waals surface area (Å²) in [6, 6.07) is 6.78. The fraction of sp³-hybridized carbons (Fsp3) is 0.381. The highest BCUT2D eigenvalue weighted by Gasteiger charge is 2.32. The van der Waals surface area contributed by atoms with Crippen molar-refractivity contribution >= 4 is 23.5 Å². The van der Waals surface area contributed by atoms with E-state index in [0.717, 1.165) is 5.75 Å². The molecule has 1 aromatic heterocycles. The summed E-state index contributed by atoms with van der Waals surface area (Å²) in [5, 5.41) is 13.5. The summed E-state index contributed by atoms with van der Waals surface area (Å²) in [6.07, 6.45) is -5.55. The topological polar surface area (TPSA) is 97.8 Å². The van der Waals surface area contributed by atoms with E-state index in [1.165, 1.54) is 10.4 Å². The van der Waals surface area contributed by atoms with Gasteiger partial charge in [-0.05, 0) is 31.2 Å². The summed E-state index contributed by atoms with van der Waals surface area (Å²) in [7, 11) is 1.70. The van der Waals surface area contributed by atoms with Crippen LogP contribution in [-0.2, 0) is 15.7 Å². The zero-order chi connectivity index (χ0) is 24.1. The molecule has 3 rings (SSSR count). The van der Waals surface area contributed by atoms with Gasteiger partial charge in [0.25, 0.3) is 5.91 Å². The molecule has 2 N–H and O–H groups in total. The van der Waals surface area contributed by atoms with Crippen LogP contribution in [-0.4, -0.2) is 47.8 Å². The highest BCUT2D eigenvalue weighted by atomic mass is 35.5. The van der Waals surface area contributed by atoms with Crippen molar-refractivity contribution in [2.24, 2.45) is 0 Å². The van der Waals surface area contributed by atoms with Crippen molar-refractivity contribution in [1.29, 1.82) is 0 Å². The van der Waals surface area contributed by atoms with E-state index in [-0.39, 0.29) is 24.8 Å². The maximum Gasteiger partial charge on any atom is 0.417 e. The molecular weight excluding hydrogens is 453 g/mol. The Morgan fingerprint density at radius 2 is 1.94 bits per heavy atom. The molecule has 32 heavy (non-hydrogen) atoms. The van der Waals surface area contributed by atoms with Gasteiger partial charge in [-0.3, -0.25) is 4.79 Å². The lowest BCUT2D eigenvalue weighted by atomic mass is 10.1. The van der Waals surface area contributed by atoms with Crippen LogP contribution in [0, 0.1) is 10.4 Å². The van der Waals surface area contributed by atoms with E-state index in [4.69, 9.17) is 26.2 Å². The Hall–Kier alpha value is -2.85. The quantitative estimate of drug-likeness (QED) is 0.511. The van der Waals surface area contributed by atoms with Crippen LogP contribution in [0.3, 0.4) is 0 Å². The van der Waals surface area contributed by atoms with Crippen LogP contribution in [0.5, 0.6) is 5.75 Å². The number of benzene rings is 1. The molecule has 0 bridgehead atoms. The van der Waals surface area contributed by atoms with E-state index in [1.54, 1.807) is 21.0 Å². The summed E-state index contributed by atoms with van der Waals surface area (Å²) >= 11 is 5.65. The first-order valence-electron chi connectivity index (χ1n) is 9.51. The molecule has 2 aliphatic carbocycles. The zero-order valence-electron chi connectivity index (χ0n) is 17.5. The molecule has 1 atom stereocenters. The highest BCUT2D eigenvalue weighted by Crippen LogP contribution is 2.31. The number of aliphatic carboxylic acids is 1. The van der Waals surface area contributed by atoms with E-state index in [0.29, 0.717) is 12.3 Å². The fourth-order valence-electron chi connectivity index (χ4n) is 2.66. The van der Waals surface area contributed by atoms with Crippen LogP contribution in [0.2, 0.25) is 5.02 Å². The number of carboxylic acids is 1. The largest absolute Gasteiger partial charge is 0.496 e. The van der Waals surface area contributed by atoms with Crippen LogP contribution in [0.15, 0.2) is 30.5 Å². The van der Waals surface area contributed by atoms with Crippen LogP contribution in [0.25, 0.3) is 0 Å². The molecule has 0 saturated carbocycles. The van der Waals surface area contributed by atoms with E-state index >= 15 is 0 Å². The lowest BCUT2D eigenvalue weighted by Gasteiger charge is -2.16. The average Bonchev–Trinajstić information content (AvgIpc) is 2.68. The van der Waals surface area contributed by atoms with Crippen LogP contribution >= 0.6 is 11.6 Å². The number of nitrogens with one attached hydrogen (secondary N) is 1. The average molecular weight is 475 g/mol. The van der Waals surface area contributed by atoms with Crippen molar-refractivity contribution in [3.8, 4) is 5.75 Å². The molecule has 1 heterocycles. The highest BCUT2D eigenvalue weighted by molar-refractivity contribution is 6.33. The molecule has 0 spiro atoms. The van der Waals surface area contributed by atoms with Crippen molar-refractivity contribution in [2.45, 2.75) is 38.7 Å². The standard InChI is InChI=1S/C14H16ClF3N2O4.C7H6O/c1-7(2)24-10(13(22)23)3-4-19-12(21)11-9(15)5-8(6-20-11)14(16,17)18;1-8-7-4-5-2-3-6(5)7/h5-7,10H,3-4H2,1-2H3,(H,19,21)(H,22,23);2-4H,1H3. The van der Waals surface area contributed by atoms with Crippen molar-refractivity contribution in [3.05, 3.63) is 57.2 Å². The number of hydrogen-bond donors (Lipinski definition) is 2. The number of carbonyl (C=O) groups is 2. The third kappa shape index (κ3) is 6.57. The minimum atomic E-state index is -4.62. The number of carbonyl (C=O) groups excluding carboxylic acids is 1. The van der Waals surface area contributed by atoms with Gasteiger partial charge in [0.05, 0.1) is 23.8 Å². The van der Waals surface area contributed by atoms with Gasteiger partial charge < -0.3 is 19.9 Å². The molecule has 1 unspecified atom stereocenters. The number of aromatic nitrogens is 1. The van der Waals surface area contributed by atoms with Crippen LogP contribution in [0.1, 0.15) is 36.3 Å². The van der Waals surface area contributed by atoms with Gasteiger partial charge in [-0.2, -0.15) is 13.2 Å². The molecular formula is C21H22ClF3N2O5. The Kier molecular flexibility index (Phi) is 8.45. The minimum absolute atomic E-state index is 0.0164. The maximum absolute atomic E-state index is 12.5. The Bertz CT molecular complexity index is 1080. The number of nitrogens with zero attached hydrogens (tertiary/aromatic N) is 1. The summed E-state index contributed by atoms with van der Waals surface area (Å²) in [5.74, 6) is -0.950. The molecule has 2 aliphatic rings. The zero-order valence-corrected chi connectivity index (χ0v) is 18.3. The van der Waals surface area contributed by atoms with Crippen molar-refractivity contribution in [2.75, 3.05) is 13.7 Å². The van der Waals surface area contributed by atoms with Gasteiger partial charge in [0.15, 0.2) is 6.10 Å². The van der Waals surface area contributed by atoms with Crippen molar-refractivity contribution in [3.63, 3.8) is 0 Å². The predicted molar refractivity (Wildman–Crippen MR) is 110 cm³/mol. The number of amides is 1. The van der Waals surface area contributed by atoms with Crippen LogP contribution in [0.4, 0.5) is 13.2 Å². The second-order valence-corrected chi connectivity index (χ2v) is 7.43. The minimum Gasteiger partial charge on any atom is -0.496 e. The van der Waals surface area contributed by atoms with Crippen molar-refractivity contribution in [1.82, 2.24) is 10.3 Å². The summed E-state index contributed by atoms with van der Waals surface area (Å²) in [5.41, 5.74) is -1.44. The second-order valence-electron chi connectivity index (χ2n) is 7.02. The number of ether oxygens (including phenoxy) is 2. The Labute approximate surface area is 186 Å². The summed E-state index contributed by atoms with van der Waals surface area (Å²) < 4.78 is 47.6. The van der Waals surface area contributed by atoms with Gasteiger partial charge in [-0.15, -0.1) is 0 Å². The van der Waals surface area contributed by atoms with Gasteiger partial charge in [0.2, 0.25) is 0 Å². The van der Waals surface area contributed by atoms with Gasteiger partial charge in [-0.25, -0.2) is 9.78 Å². The van der Waals surface area contributed by atoms with E-state index in [1.807, 2.05) is 6.07 Å². The number of rotatable bonds is 8. The third-order valence-corrected chi connectivity index (χ3v) is 4.59. The first-order chi connectivity index (χ1) is 14.9. The molecule has 0 aliphatic heterocycles. The smallest absolute Gasteiger partial charge is 0.417 e. The maximum atomic E-state index is 12.5. The number of methoxy groups -OCH3 is 1. The number of carboxylic acid groups (broad SMARTS) is 1. The third-order valence-electron chi connectivity index (χ3n) is 4.30. The van der Waals surface area contributed by atoms with Gasteiger partial charge >= 0.3 is 12.1 Å². The van der Waals surface area contributed by atoms with Crippen molar-refractivity contribution < 1.29 is 37.3 Å². The fourth-order valence-corrected chi connectivity index (χ4v) is 2.91. The number of halogens is 4. The lowest BCUT2D eigenvalue weighted by molar-refractivity contribution is -0.153. The molecule has 0 radical (unpaired) electrons. The summed E-state index contributed by atoms with van der Waals surface area (Å²) in [6.45, 7) is 3.27. The SMILES string of the molecule is CC(C)OC(CCNC(=O)c1ncc(C(F)(F)F)cc1Cl)C(=O)O.COc1cc2ccc1=2. The molecule has 0 aromatic carbocycles. The number of alkyl halides is 3. The van der Waals surface area contributed by atoms with Gasteiger partial charge in [-0.1, -0.05) is 23.7 Å². The Balaban J connectivity index is 0.000000371. The van der Waals surface area contributed by atoms with E-state index < -0.39 is 34.7 Å². The van der Waals surface area contributed by atoms with Gasteiger partial charge in [0.1, 0.15) is 11.4 Å². The molecule has 174 valence electrons. The van der Waals surface area contributed by atoms with Crippen LogP contribution < -0.4 is 10.1 Å². The monoisotopic (exact) mass is 474 g/mol. The first kappa shape index (κ1) is 25.4. The lowest BCUT2D eigenvalue weighted by Crippen LogP contribution is -2.33. The number of pyridine rings is 1. The second kappa shape index (κ2) is 10.6.